The number of hydrogen-bond acceptors (Lipinski definition) is 3. The molecule has 2 aromatic rings. The average Bonchev–Trinajstić information content (AvgIpc) is 3.25. The van der Waals surface area contributed by atoms with Crippen LogP contribution in [0, 0.1) is 11.7 Å². The lowest BCUT2D eigenvalue weighted by Gasteiger charge is -2.32. The molecular weight excluding hydrogens is 403 g/mol. The molecule has 0 bridgehead atoms. The lowest BCUT2D eigenvalue weighted by molar-refractivity contribution is -0.118. The van der Waals surface area contributed by atoms with Gasteiger partial charge in [0.1, 0.15) is 5.82 Å². The zero-order valence-corrected chi connectivity index (χ0v) is 18.6. The Bertz CT molecular complexity index is 1030. The molecule has 3 aliphatic rings. The number of aryl methyl sites for hydroxylation is 1. The van der Waals surface area contributed by atoms with E-state index in [9.17, 15) is 14.0 Å². The lowest BCUT2D eigenvalue weighted by atomic mass is 9.89. The third kappa shape index (κ3) is 4.36. The Kier molecular flexibility index (Phi) is 6.09. The molecule has 3 aliphatic heterocycles. The molecule has 0 saturated carbocycles. The Labute approximate surface area is 189 Å². The van der Waals surface area contributed by atoms with Crippen molar-refractivity contribution in [2.45, 2.75) is 51.4 Å². The Balaban J connectivity index is 1.11. The van der Waals surface area contributed by atoms with Crippen LogP contribution in [0.1, 0.15) is 59.2 Å². The summed E-state index contributed by atoms with van der Waals surface area (Å²) in [7, 11) is 0. The van der Waals surface area contributed by atoms with E-state index in [1.165, 1.54) is 17.2 Å². The van der Waals surface area contributed by atoms with Crippen molar-refractivity contribution in [1.82, 2.24) is 4.90 Å². The highest BCUT2D eigenvalue weighted by atomic mass is 19.1. The van der Waals surface area contributed by atoms with E-state index < -0.39 is 0 Å². The highest BCUT2D eigenvalue weighted by molar-refractivity contribution is 6.02. The summed E-state index contributed by atoms with van der Waals surface area (Å²) in [6.07, 6.45) is 6.68. The van der Waals surface area contributed by atoms with Gasteiger partial charge in [0.2, 0.25) is 5.91 Å². The quantitative estimate of drug-likeness (QED) is 0.599. The molecule has 0 atom stereocenters. The van der Waals surface area contributed by atoms with Gasteiger partial charge in [-0.25, -0.2) is 4.39 Å². The molecule has 168 valence electrons. The van der Waals surface area contributed by atoms with Crippen LogP contribution in [0.3, 0.4) is 0 Å². The van der Waals surface area contributed by atoms with Crippen LogP contribution in [-0.4, -0.2) is 42.8 Å². The Morgan fingerprint density at radius 3 is 2.53 bits per heavy atom. The molecule has 0 radical (unpaired) electrons. The lowest BCUT2D eigenvalue weighted by Crippen LogP contribution is -2.35. The van der Waals surface area contributed by atoms with Gasteiger partial charge >= 0.3 is 0 Å². The van der Waals surface area contributed by atoms with Crippen LogP contribution in [0.4, 0.5) is 10.1 Å². The van der Waals surface area contributed by atoms with Crippen molar-refractivity contribution in [3.05, 3.63) is 64.5 Å². The molecule has 1 amide bonds. The number of likely N-dealkylation sites (tertiary alicyclic amines) is 1. The summed E-state index contributed by atoms with van der Waals surface area (Å²) in [4.78, 5) is 29.4. The van der Waals surface area contributed by atoms with E-state index in [4.69, 9.17) is 0 Å². The summed E-state index contributed by atoms with van der Waals surface area (Å²) in [5.41, 5.74) is 5.05. The van der Waals surface area contributed by atoms with Crippen molar-refractivity contribution in [2.75, 3.05) is 31.1 Å². The second-order valence-corrected chi connectivity index (χ2v) is 9.53. The number of ketones is 1. The van der Waals surface area contributed by atoms with Crippen LogP contribution in [0.25, 0.3) is 0 Å². The molecule has 0 spiro atoms. The number of rotatable bonds is 7. The minimum atomic E-state index is -0.110. The summed E-state index contributed by atoms with van der Waals surface area (Å²) < 4.78 is 13.8. The summed E-state index contributed by atoms with van der Waals surface area (Å²) in [5, 5.41) is 0. The van der Waals surface area contributed by atoms with Gasteiger partial charge in [-0.05, 0) is 92.4 Å². The molecule has 1 fully saturated rings. The van der Waals surface area contributed by atoms with E-state index in [1.54, 1.807) is 6.07 Å². The molecule has 5 rings (SSSR count). The summed E-state index contributed by atoms with van der Waals surface area (Å²) in [6, 6.07) is 11.1. The third-order valence-corrected chi connectivity index (χ3v) is 7.52. The zero-order chi connectivity index (χ0) is 22.1. The van der Waals surface area contributed by atoms with Gasteiger partial charge in [0.15, 0.2) is 5.78 Å². The van der Waals surface area contributed by atoms with E-state index in [2.05, 4.69) is 4.90 Å². The molecule has 32 heavy (non-hydrogen) atoms. The number of amides is 1. The average molecular weight is 435 g/mol. The fraction of sp³-hybridized carbons (Fsp3) is 0.481. The maximum Gasteiger partial charge on any atom is 0.227 e. The first-order valence-electron chi connectivity index (χ1n) is 12.0. The van der Waals surface area contributed by atoms with Gasteiger partial charge in [0.25, 0.3) is 0 Å². The third-order valence-electron chi connectivity index (χ3n) is 7.52. The maximum absolute atomic E-state index is 13.8. The number of piperidine rings is 1. The topological polar surface area (TPSA) is 40.6 Å². The predicted molar refractivity (Wildman–Crippen MR) is 124 cm³/mol. The molecule has 1 saturated heterocycles. The molecule has 4 nitrogen and oxygen atoms in total. The van der Waals surface area contributed by atoms with Gasteiger partial charge in [0, 0.05) is 31.5 Å². The molecular formula is C27H31FN2O2. The van der Waals surface area contributed by atoms with E-state index >= 15 is 0 Å². The Hall–Kier alpha value is -2.53. The molecule has 3 heterocycles. The van der Waals surface area contributed by atoms with Crippen molar-refractivity contribution in [3.8, 4) is 0 Å². The predicted octanol–water partition coefficient (Wildman–Crippen LogP) is 4.58. The maximum atomic E-state index is 13.8. The molecule has 0 N–H and O–H groups in total. The van der Waals surface area contributed by atoms with Gasteiger partial charge in [-0.15, -0.1) is 0 Å². The first-order chi connectivity index (χ1) is 15.6. The van der Waals surface area contributed by atoms with Crippen LogP contribution in [-0.2, 0) is 24.1 Å². The number of anilines is 1. The minimum Gasteiger partial charge on any atom is -0.312 e. The summed E-state index contributed by atoms with van der Waals surface area (Å²) in [5.74, 6) is 0.933. The number of hydrogen-bond donors (Lipinski definition) is 0. The summed E-state index contributed by atoms with van der Waals surface area (Å²) >= 11 is 0. The molecule has 0 unspecified atom stereocenters. The number of Topliss-reactive ketones (excluding diaryl/α,β-unsaturated/α-hetero) is 1. The number of carbonyl (C=O) groups is 2. The molecule has 5 heteroatoms. The monoisotopic (exact) mass is 434 g/mol. The van der Waals surface area contributed by atoms with E-state index in [0.717, 1.165) is 81.5 Å². The Morgan fingerprint density at radius 1 is 1.00 bits per heavy atom. The smallest absolute Gasteiger partial charge is 0.227 e. The first-order valence-corrected chi connectivity index (χ1v) is 12.0. The Morgan fingerprint density at radius 2 is 1.75 bits per heavy atom. The van der Waals surface area contributed by atoms with E-state index in [1.807, 2.05) is 29.2 Å². The number of carbonyl (C=O) groups excluding carboxylic acids is 2. The van der Waals surface area contributed by atoms with E-state index in [-0.39, 0.29) is 17.5 Å². The largest absolute Gasteiger partial charge is 0.312 e. The first kappa shape index (κ1) is 21.3. The molecule has 0 aliphatic carbocycles. The van der Waals surface area contributed by atoms with Gasteiger partial charge in [-0.3, -0.25) is 9.59 Å². The minimum absolute atomic E-state index is 0.110. The van der Waals surface area contributed by atoms with Crippen molar-refractivity contribution >= 4 is 17.4 Å². The van der Waals surface area contributed by atoms with Gasteiger partial charge < -0.3 is 9.80 Å². The number of nitrogens with zero attached hydrogens (tertiary/aromatic N) is 2. The van der Waals surface area contributed by atoms with Crippen LogP contribution in [0.5, 0.6) is 0 Å². The standard InChI is InChI=1S/C27H31FN2O2/c28-24-4-2-1-3-20(24)11-15-29-13-9-19(10-14-29)5-7-25(31)23-17-21-6-8-26(32)30-16-12-22(18-23)27(21)30/h1-4,17-19H,5-16H2. The van der Waals surface area contributed by atoms with E-state index in [0.29, 0.717) is 18.8 Å². The normalized spacial score (nSPS) is 18.8. The van der Waals surface area contributed by atoms with Crippen molar-refractivity contribution in [2.24, 2.45) is 5.92 Å². The molecule has 0 aromatic heterocycles. The van der Waals surface area contributed by atoms with Crippen molar-refractivity contribution < 1.29 is 14.0 Å². The van der Waals surface area contributed by atoms with Crippen LogP contribution >= 0.6 is 0 Å². The highest BCUT2D eigenvalue weighted by Gasteiger charge is 2.32. The van der Waals surface area contributed by atoms with Crippen molar-refractivity contribution in [1.29, 1.82) is 0 Å². The van der Waals surface area contributed by atoms with Crippen LogP contribution < -0.4 is 4.90 Å². The number of halogens is 1. The van der Waals surface area contributed by atoms with Crippen LogP contribution in [0.15, 0.2) is 36.4 Å². The molecule has 2 aromatic carbocycles. The highest BCUT2D eigenvalue weighted by Crippen LogP contribution is 2.38. The van der Waals surface area contributed by atoms with Crippen molar-refractivity contribution in [3.63, 3.8) is 0 Å². The van der Waals surface area contributed by atoms with Gasteiger partial charge in [0.05, 0.1) is 5.69 Å². The fourth-order valence-corrected chi connectivity index (χ4v) is 5.58. The van der Waals surface area contributed by atoms with Crippen LogP contribution in [0.2, 0.25) is 0 Å². The second-order valence-electron chi connectivity index (χ2n) is 9.53. The SMILES string of the molecule is O=C(CCC1CCN(CCc2ccccc2F)CC1)c1cc2c3c(c1)CCN3C(=O)CC2. The summed E-state index contributed by atoms with van der Waals surface area (Å²) in [6.45, 7) is 3.71. The second kappa shape index (κ2) is 9.14. The van der Waals surface area contributed by atoms with Gasteiger partial charge in [-0.2, -0.15) is 0 Å². The van der Waals surface area contributed by atoms with Gasteiger partial charge in [-0.1, -0.05) is 18.2 Å². The fourth-order valence-electron chi connectivity index (χ4n) is 5.58. The number of benzene rings is 2. The zero-order valence-electron chi connectivity index (χ0n) is 18.6.